The lowest BCUT2D eigenvalue weighted by Crippen LogP contribution is -2.32. The number of aromatic nitrogens is 2. The molecule has 0 fully saturated rings. The van der Waals surface area contributed by atoms with Crippen LogP contribution in [0.4, 0.5) is 5.69 Å². The van der Waals surface area contributed by atoms with Crippen LogP contribution in [0.3, 0.4) is 0 Å². The Morgan fingerprint density at radius 3 is 2.57 bits per heavy atom. The van der Waals surface area contributed by atoms with Gasteiger partial charge in [-0.05, 0) is 44.2 Å². The summed E-state index contributed by atoms with van der Waals surface area (Å²) in [5.74, 6) is -1.60. The van der Waals surface area contributed by atoms with Gasteiger partial charge in [0.25, 0.3) is 5.91 Å². The van der Waals surface area contributed by atoms with Crippen LogP contribution in [0, 0.1) is 18.3 Å². The minimum atomic E-state index is -1.18. The molecule has 0 bridgehead atoms. The van der Waals surface area contributed by atoms with Crippen LogP contribution in [0.2, 0.25) is 0 Å². The van der Waals surface area contributed by atoms with Gasteiger partial charge in [-0.25, -0.2) is 9.48 Å². The molecule has 0 aliphatic carbocycles. The first kappa shape index (κ1) is 20.5. The van der Waals surface area contributed by atoms with Crippen LogP contribution in [0.5, 0.6) is 0 Å². The molecule has 3 aromatic rings. The Morgan fingerprint density at radius 1 is 1.13 bits per heavy atom. The second kappa shape index (κ2) is 8.84. The Kier molecular flexibility index (Phi) is 6.03. The van der Waals surface area contributed by atoms with Gasteiger partial charge in [-0.1, -0.05) is 24.3 Å². The first-order valence-electron chi connectivity index (χ1n) is 9.07. The van der Waals surface area contributed by atoms with Crippen molar-refractivity contribution < 1.29 is 14.3 Å². The van der Waals surface area contributed by atoms with Crippen LogP contribution < -0.4 is 10.7 Å². The lowest BCUT2D eigenvalue weighted by Gasteiger charge is -2.14. The van der Waals surface area contributed by atoms with Crippen LogP contribution in [-0.2, 0) is 9.53 Å². The Balaban J connectivity index is 1.77. The molecule has 0 saturated heterocycles. The molecule has 1 amide bonds. The number of nitriles is 1. The van der Waals surface area contributed by atoms with Gasteiger partial charge in [0.2, 0.25) is 11.1 Å². The standard InChI is InChI=1S/C22H18N4O4/c1-14-11-19(27)20(25-26(14)18-9-4-3-5-10-18)22(29)30-15(2)21(28)24-17-8-6-7-16(12-17)13-23/h3-12,15H,1-2H3,(H,24,28). The van der Waals surface area contributed by atoms with Crippen molar-refractivity contribution in [3.05, 3.63) is 87.8 Å². The monoisotopic (exact) mass is 402 g/mol. The summed E-state index contributed by atoms with van der Waals surface area (Å²) >= 11 is 0. The van der Waals surface area contributed by atoms with E-state index in [0.29, 0.717) is 22.6 Å². The van der Waals surface area contributed by atoms with Crippen molar-refractivity contribution in [3.63, 3.8) is 0 Å². The third-order valence-electron chi connectivity index (χ3n) is 4.21. The normalized spacial score (nSPS) is 11.2. The summed E-state index contributed by atoms with van der Waals surface area (Å²) in [7, 11) is 0. The number of nitrogens with zero attached hydrogens (tertiary/aromatic N) is 3. The maximum Gasteiger partial charge on any atom is 0.363 e. The molecule has 8 heteroatoms. The van der Waals surface area contributed by atoms with Gasteiger partial charge in [-0.3, -0.25) is 9.59 Å². The molecule has 30 heavy (non-hydrogen) atoms. The van der Waals surface area contributed by atoms with Crippen molar-refractivity contribution in [2.24, 2.45) is 0 Å². The van der Waals surface area contributed by atoms with Gasteiger partial charge in [-0.2, -0.15) is 10.4 Å². The van der Waals surface area contributed by atoms with E-state index >= 15 is 0 Å². The number of nitrogens with one attached hydrogen (secondary N) is 1. The first-order chi connectivity index (χ1) is 14.4. The Labute approximate surface area is 172 Å². The van der Waals surface area contributed by atoms with Gasteiger partial charge in [0.05, 0.1) is 17.3 Å². The van der Waals surface area contributed by atoms with Crippen molar-refractivity contribution >= 4 is 17.6 Å². The molecule has 150 valence electrons. The third-order valence-corrected chi connectivity index (χ3v) is 4.21. The van der Waals surface area contributed by atoms with E-state index in [2.05, 4.69) is 10.4 Å². The molecule has 1 N–H and O–H groups in total. The molecule has 0 spiro atoms. The van der Waals surface area contributed by atoms with Crippen LogP contribution in [0.25, 0.3) is 5.69 Å². The number of hydrogen-bond acceptors (Lipinski definition) is 6. The number of para-hydroxylation sites is 1. The molecule has 3 rings (SSSR count). The zero-order valence-electron chi connectivity index (χ0n) is 16.3. The first-order valence-corrected chi connectivity index (χ1v) is 9.07. The number of anilines is 1. The predicted octanol–water partition coefficient (Wildman–Crippen LogP) is 2.60. The van der Waals surface area contributed by atoms with E-state index in [9.17, 15) is 14.4 Å². The summed E-state index contributed by atoms with van der Waals surface area (Å²) in [6, 6.07) is 18.6. The van der Waals surface area contributed by atoms with Crippen LogP contribution in [-0.4, -0.2) is 27.8 Å². The summed E-state index contributed by atoms with van der Waals surface area (Å²) in [4.78, 5) is 37.1. The SMILES string of the molecule is Cc1cc(=O)c(C(=O)OC(C)C(=O)Nc2cccc(C#N)c2)nn1-c1ccccc1. The Hall–Kier alpha value is -4.25. The van der Waals surface area contributed by atoms with Gasteiger partial charge in [0, 0.05) is 17.4 Å². The smallest absolute Gasteiger partial charge is 0.363 e. The number of rotatable bonds is 5. The van der Waals surface area contributed by atoms with Crippen LogP contribution >= 0.6 is 0 Å². The minimum absolute atomic E-state index is 0.378. The fourth-order valence-electron chi connectivity index (χ4n) is 2.70. The Bertz CT molecular complexity index is 1200. The second-order valence-corrected chi connectivity index (χ2v) is 6.48. The zero-order valence-corrected chi connectivity index (χ0v) is 16.3. The highest BCUT2D eigenvalue weighted by Gasteiger charge is 2.23. The number of amides is 1. The molecular formula is C22H18N4O4. The van der Waals surface area contributed by atoms with Gasteiger partial charge >= 0.3 is 5.97 Å². The molecule has 0 aliphatic heterocycles. The van der Waals surface area contributed by atoms with Crippen molar-refractivity contribution in [2.75, 3.05) is 5.32 Å². The quantitative estimate of drug-likeness (QED) is 0.656. The summed E-state index contributed by atoms with van der Waals surface area (Å²) in [6.45, 7) is 3.08. The number of hydrogen-bond donors (Lipinski definition) is 1. The van der Waals surface area contributed by atoms with Crippen LogP contribution in [0.15, 0.2) is 65.5 Å². The Morgan fingerprint density at radius 2 is 1.87 bits per heavy atom. The average Bonchev–Trinajstić information content (AvgIpc) is 2.74. The summed E-state index contributed by atoms with van der Waals surface area (Å²) in [6.07, 6.45) is -1.18. The van der Waals surface area contributed by atoms with Crippen molar-refractivity contribution in [2.45, 2.75) is 20.0 Å². The number of benzene rings is 2. The van der Waals surface area contributed by atoms with E-state index in [1.54, 1.807) is 49.4 Å². The molecule has 1 aromatic heterocycles. The predicted molar refractivity (Wildman–Crippen MR) is 109 cm³/mol. The van der Waals surface area contributed by atoms with Crippen molar-refractivity contribution in [1.82, 2.24) is 9.78 Å². The fraction of sp³-hybridized carbons (Fsp3) is 0.136. The van der Waals surface area contributed by atoms with Gasteiger partial charge in [0.15, 0.2) is 6.10 Å². The van der Waals surface area contributed by atoms with Gasteiger partial charge in [0.1, 0.15) is 0 Å². The molecule has 1 unspecified atom stereocenters. The minimum Gasteiger partial charge on any atom is -0.448 e. The molecule has 0 saturated carbocycles. The highest BCUT2D eigenvalue weighted by Crippen LogP contribution is 2.12. The third kappa shape index (κ3) is 4.59. The summed E-state index contributed by atoms with van der Waals surface area (Å²) in [5.41, 5.74) is 0.970. The summed E-state index contributed by atoms with van der Waals surface area (Å²) in [5, 5.41) is 15.6. The molecule has 8 nitrogen and oxygen atoms in total. The van der Waals surface area contributed by atoms with E-state index in [1.165, 1.54) is 23.7 Å². The van der Waals surface area contributed by atoms with Crippen molar-refractivity contribution in [1.29, 1.82) is 5.26 Å². The topological polar surface area (TPSA) is 114 Å². The summed E-state index contributed by atoms with van der Waals surface area (Å²) < 4.78 is 6.60. The number of esters is 1. The van der Waals surface area contributed by atoms with Crippen LogP contribution in [0.1, 0.15) is 28.7 Å². The molecule has 1 heterocycles. The highest BCUT2D eigenvalue weighted by atomic mass is 16.5. The maximum absolute atomic E-state index is 12.5. The average molecular weight is 402 g/mol. The fourth-order valence-corrected chi connectivity index (χ4v) is 2.70. The van der Waals surface area contributed by atoms with E-state index < -0.39 is 29.1 Å². The van der Waals surface area contributed by atoms with E-state index in [0.717, 1.165) is 0 Å². The number of aryl methyl sites for hydroxylation is 1. The lowest BCUT2D eigenvalue weighted by atomic mass is 10.2. The number of carbonyl (C=O) groups is 2. The highest BCUT2D eigenvalue weighted by molar-refractivity contribution is 5.96. The lowest BCUT2D eigenvalue weighted by molar-refractivity contribution is -0.123. The number of carbonyl (C=O) groups excluding carboxylic acids is 2. The molecular weight excluding hydrogens is 384 g/mol. The molecule has 1 atom stereocenters. The largest absolute Gasteiger partial charge is 0.448 e. The zero-order chi connectivity index (χ0) is 21.7. The van der Waals surface area contributed by atoms with Gasteiger partial charge in [-0.15, -0.1) is 0 Å². The van der Waals surface area contributed by atoms with Gasteiger partial charge < -0.3 is 10.1 Å². The molecule has 0 radical (unpaired) electrons. The van der Waals surface area contributed by atoms with Crippen molar-refractivity contribution in [3.8, 4) is 11.8 Å². The van der Waals surface area contributed by atoms with E-state index in [-0.39, 0.29) is 0 Å². The molecule has 0 aliphatic rings. The molecule has 2 aromatic carbocycles. The van der Waals surface area contributed by atoms with E-state index in [4.69, 9.17) is 10.00 Å². The maximum atomic E-state index is 12.5. The van der Waals surface area contributed by atoms with E-state index in [1.807, 2.05) is 12.1 Å². The second-order valence-electron chi connectivity index (χ2n) is 6.48. The number of ether oxygens (including phenoxy) is 1.